The van der Waals surface area contributed by atoms with Crippen LogP contribution in [0.4, 0.5) is 0 Å². The Balaban J connectivity index is 1.84. The summed E-state index contributed by atoms with van der Waals surface area (Å²) in [7, 11) is 3.10. The molecule has 2 unspecified atom stereocenters. The highest BCUT2D eigenvalue weighted by Gasteiger charge is 2.41. The van der Waals surface area contributed by atoms with Crippen molar-refractivity contribution < 1.29 is 23.8 Å². The number of rotatable bonds is 5. The summed E-state index contributed by atoms with van der Waals surface area (Å²) >= 11 is 0. The third-order valence-corrected chi connectivity index (χ3v) is 4.92. The van der Waals surface area contributed by atoms with Gasteiger partial charge in [0.05, 0.1) is 20.3 Å². The Morgan fingerprint density at radius 3 is 2.60 bits per heavy atom. The minimum Gasteiger partial charge on any atom is -0.493 e. The van der Waals surface area contributed by atoms with Gasteiger partial charge in [0.15, 0.2) is 17.6 Å². The van der Waals surface area contributed by atoms with E-state index in [2.05, 4.69) is 10.6 Å². The number of benzene rings is 1. The van der Waals surface area contributed by atoms with E-state index in [9.17, 15) is 9.59 Å². The molecule has 2 fully saturated rings. The fourth-order valence-corrected chi connectivity index (χ4v) is 3.28. The van der Waals surface area contributed by atoms with Gasteiger partial charge in [-0.1, -0.05) is 6.07 Å². The standard InChI is InChI=1S/C18H24N2O5/c1-18(7-4-8-18)20-17(22)16-15(19-14(21)10-25-16)11-5-6-12(23-2)13(9-11)24-3/h5-6,9,15-16H,4,7-8,10H2,1-3H3,(H,19,21)(H,20,22). The molecule has 7 heteroatoms. The van der Waals surface area contributed by atoms with Crippen LogP contribution in [0.25, 0.3) is 0 Å². The molecule has 1 aliphatic carbocycles. The molecule has 1 aliphatic heterocycles. The summed E-state index contributed by atoms with van der Waals surface area (Å²) in [6.45, 7) is 1.90. The van der Waals surface area contributed by atoms with E-state index in [4.69, 9.17) is 14.2 Å². The minimum absolute atomic E-state index is 0.126. The second kappa shape index (κ2) is 6.92. The summed E-state index contributed by atoms with van der Waals surface area (Å²) in [4.78, 5) is 24.6. The Morgan fingerprint density at radius 1 is 1.28 bits per heavy atom. The molecule has 3 rings (SSSR count). The van der Waals surface area contributed by atoms with Gasteiger partial charge in [-0.2, -0.15) is 0 Å². The van der Waals surface area contributed by atoms with Gasteiger partial charge in [0, 0.05) is 5.54 Å². The van der Waals surface area contributed by atoms with Gasteiger partial charge >= 0.3 is 0 Å². The molecule has 1 saturated heterocycles. The quantitative estimate of drug-likeness (QED) is 0.838. The zero-order valence-electron chi connectivity index (χ0n) is 14.8. The molecule has 2 atom stereocenters. The van der Waals surface area contributed by atoms with Crippen LogP contribution in [0.1, 0.15) is 37.8 Å². The maximum absolute atomic E-state index is 12.7. The van der Waals surface area contributed by atoms with E-state index < -0.39 is 12.1 Å². The van der Waals surface area contributed by atoms with Crippen LogP contribution in [0.15, 0.2) is 18.2 Å². The lowest BCUT2D eigenvalue weighted by Gasteiger charge is -2.41. The van der Waals surface area contributed by atoms with Gasteiger partial charge in [0.1, 0.15) is 6.61 Å². The lowest BCUT2D eigenvalue weighted by atomic mass is 9.78. The summed E-state index contributed by atoms with van der Waals surface area (Å²) < 4.78 is 16.1. The van der Waals surface area contributed by atoms with Gasteiger partial charge in [-0.3, -0.25) is 9.59 Å². The number of amides is 2. The van der Waals surface area contributed by atoms with E-state index >= 15 is 0 Å². The fourth-order valence-electron chi connectivity index (χ4n) is 3.28. The molecule has 1 heterocycles. The van der Waals surface area contributed by atoms with Crippen molar-refractivity contribution in [3.63, 3.8) is 0 Å². The number of morpholine rings is 1. The molecule has 7 nitrogen and oxygen atoms in total. The first-order valence-electron chi connectivity index (χ1n) is 8.41. The van der Waals surface area contributed by atoms with Crippen LogP contribution in [-0.4, -0.2) is 44.3 Å². The van der Waals surface area contributed by atoms with E-state index in [1.165, 1.54) is 0 Å². The third-order valence-electron chi connectivity index (χ3n) is 4.92. The van der Waals surface area contributed by atoms with Crippen molar-refractivity contribution in [2.45, 2.75) is 43.9 Å². The highest BCUT2D eigenvalue weighted by atomic mass is 16.5. The van der Waals surface area contributed by atoms with Crippen LogP contribution < -0.4 is 20.1 Å². The van der Waals surface area contributed by atoms with Crippen molar-refractivity contribution in [2.24, 2.45) is 0 Å². The predicted molar refractivity (Wildman–Crippen MR) is 90.6 cm³/mol. The number of hydrogen-bond donors (Lipinski definition) is 2. The van der Waals surface area contributed by atoms with Gasteiger partial charge in [0.2, 0.25) is 5.91 Å². The maximum atomic E-state index is 12.7. The smallest absolute Gasteiger partial charge is 0.252 e. The summed E-state index contributed by atoms with van der Waals surface area (Å²) in [6, 6.07) is 4.72. The average molecular weight is 348 g/mol. The van der Waals surface area contributed by atoms with Crippen LogP contribution in [0.2, 0.25) is 0 Å². The molecule has 0 aromatic heterocycles. The topological polar surface area (TPSA) is 85.9 Å². The van der Waals surface area contributed by atoms with Gasteiger partial charge < -0.3 is 24.8 Å². The zero-order chi connectivity index (χ0) is 18.0. The molecule has 25 heavy (non-hydrogen) atoms. The lowest BCUT2D eigenvalue weighted by Crippen LogP contribution is -2.58. The van der Waals surface area contributed by atoms with E-state index in [1.807, 2.05) is 6.92 Å². The summed E-state index contributed by atoms with van der Waals surface area (Å²) in [5.41, 5.74) is 0.550. The van der Waals surface area contributed by atoms with E-state index in [1.54, 1.807) is 32.4 Å². The van der Waals surface area contributed by atoms with Crippen molar-refractivity contribution >= 4 is 11.8 Å². The minimum atomic E-state index is -0.784. The van der Waals surface area contributed by atoms with Crippen LogP contribution in [0.3, 0.4) is 0 Å². The van der Waals surface area contributed by atoms with E-state index in [-0.39, 0.29) is 24.0 Å². The lowest BCUT2D eigenvalue weighted by molar-refractivity contribution is -0.149. The van der Waals surface area contributed by atoms with Crippen LogP contribution >= 0.6 is 0 Å². The number of hydrogen-bond acceptors (Lipinski definition) is 5. The Morgan fingerprint density at radius 2 is 2.00 bits per heavy atom. The third kappa shape index (κ3) is 3.56. The molecule has 0 radical (unpaired) electrons. The zero-order valence-corrected chi connectivity index (χ0v) is 14.8. The molecular weight excluding hydrogens is 324 g/mol. The van der Waals surface area contributed by atoms with Crippen molar-refractivity contribution in [3.05, 3.63) is 23.8 Å². The molecule has 136 valence electrons. The number of methoxy groups -OCH3 is 2. The Labute approximate surface area is 147 Å². The Hall–Kier alpha value is -2.28. The first-order chi connectivity index (χ1) is 12.0. The van der Waals surface area contributed by atoms with Gasteiger partial charge in [-0.15, -0.1) is 0 Å². The van der Waals surface area contributed by atoms with Crippen LogP contribution in [-0.2, 0) is 14.3 Å². The highest BCUT2D eigenvalue weighted by molar-refractivity contribution is 5.86. The SMILES string of the molecule is COc1ccc(C2NC(=O)COC2C(=O)NC2(C)CCC2)cc1OC. The molecule has 2 N–H and O–H groups in total. The first kappa shape index (κ1) is 17.5. The predicted octanol–water partition coefficient (Wildman–Crippen LogP) is 1.32. The highest BCUT2D eigenvalue weighted by Crippen LogP contribution is 2.34. The summed E-state index contributed by atoms with van der Waals surface area (Å²) in [6.07, 6.45) is 2.24. The van der Waals surface area contributed by atoms with E-state index in [0.29, 0.717) is 11.5 Å². The first-order valence-corrected chi connectivity index (χ1v) is 8.41. The number of nitrogens with one attached hydrogen (secondary N) is 2. The number of ether oxygens (including phenoxy) is 3. The molecule has 2 aliphatic rings. The average Bonchev–Trinajstić information content (AvgIpc) is 2.59. The molecule has 2 amide bonds. The Kier molecular flexibility index (Phi) is 4.85. The van der Waals surface area contributed by atoms with Crippen molar-refractivity contribution in [3.8, 4) is 11.5 Å². The second-order valence-electron chi connectivity index (χ2n) is 6.79. The fraction of sp³-hybridized carbons (Fsp3) is 0.556. The van der Waals surface area contributed by atoms with Crippen LogP contribution in [0.5, 0.6) is 11.5 Å². The monoisotopic (exact) mass is 348 g/mol. The molecule has 1 aromatic carbocycles. The largest absolute Gasteiger partial charge is 0.493 e. The molecule has 0 bridgehead atoms. The number of carbonyl (C=O) groups excluding carboxylic acids is 2. The summed E-state index contributed by atoms with van der Waals surface area (Å²) in [5, 5.41) is 5.91. The molecule has 0 spiro atoms. The van der Waals surface area contributed by atoms with Crippen molar-refractivity contribution in [1.29, 1.82) is 0 Å². The van der Waals surface area contributed by atoms with Crippen molar-refractivity contribution in [1.82, 2.24) is 10.6 Å². The second-order valence-corrected chi connectivity index (χ2v) is 6.79. The van der Waals surface area contributed by atoms with Gasteiger partial charge in [-0.25, -0.2) is 0 Å². The van der Waals surface area contributed by atoms with Gasteiger partial charge in [0.25, 0.3) is 5.91 Å². The normalized spacial score (nSPS) is 24.7. The van der Waals surface area contributed by atoms with E-state index in [0.717, 1.165) is 24.8 Å². The Bertz CT molecular complexity index is 671. The van der Waals surface area contributed by atoms with Gasteiger partial charge in [-0.05, 0) is 43.9 Å². The van der Waals surface area contributed by atoms with Crippen LogP contribution in [0, 0.1) is 0 Å². The molecular formula is C18H24N2O5. The molecule has 1 saturated carbocycles. The number of carbonyl (C=O) groups is 2. The summed E-state index contributed by atoms with van der Waals surface area (Å²) in [5.74, 6) is 0.655. The maximum Gasteiger partial charge on any atom is 0.252 e. The molecule has 1 aromatic rings. The van der Waals surface area contributed by atoms with Crippen molar-refractivity contribution in [2.75, 3.05) is 20.8 Å².